The second-order valence-corrected chi connectivity index (χ2v) is 5.86. The molecule has 1 unspecified atom stereocenters. The normalized spacial score (nSPS) is 26.2. The van der Waals surface area contributed by atoms with E-state index in [9.17, 15) is 4.79 Å². The molecule has 0 radical (unpaired) electrons. The third kappa shape index (κ3) is 4.16. The van der Waals surface area contributed by atoms with Crippen LogP contribution in [0.5, 0.6) is 0 Å². The van der Waals surface area contributed by atoms with Crippen LogP contribution in [0.25, 0.3) is 0 Å². The lowest BCUT2D eigenvalue weighted by Crippen LogP contribution is -2.39. The molecule has 0 aromatic carbocycles. The van der Waals surface area contributed by atoms with Crippen molar-refractivity contribution in [3.05, 3.63) is 0 Å². The van der Waals surface area contributed by atoms with Gasteiger partial charge in [-0.3, -0.25) is 0 Å². The Morgan fingerprint density at radius 3 is 2.61 bits per heavy atom. The van der Waals surface area contributed by atoms with Crippen LogP contribution in [0.15, 0.2) is 0 Å². The van der Waals surface area contributed by atoms with Crippen LogP contribution in [0.2, 0.25) is 0 Å². The summed E-state index contributed by atoms with van der Waals surface area (Å²) >= 11 is 0. The van der Waals surface area contributed by atoms with Gasteiger partial charge in [-0.25, -0.2) is 4.79 Å². The summed E-state index contributed by atoms with van der Waals surface area (Å²) in [6.45, 7) is 3.86. The molecule has 0 saturated carbocycles. The van der Waals surface area contributed by atoms with Crippen molar-refractivity contribution in [2.75, 3.05) is 26.2 Å². The monoisotopic (exact) mass is 254 g/mol. The van der Waals surface area contributed by atoms with Crippen molar-refractivity contribution < 1.29 is 9.90 Å². The van der Waals surface area contributed by atoms with Gasteiger partial charge in [-0.1, -0.05) is 12.8 Å². The zero-order valence-electron chi connectivity index (χ0n) is 11.2. The van der Waals surface area contributed by atoms with Crippen LogP contribution in [0, 0.1) is 11.8 Å². The fourth-order valence-electron chi connectivity index (χ4n) is 3.34. The van der Waals surface area contributed by atoms with Crippen molar-refractivity contribution >= 4 is 6.09 Å². The smallest absolute Gasteiger partial charge is 0.407 e. The second kappa shape index (κ2) is 6.98. The second-order valence-electron chi connectivity index (χ2n) is 5.86. The molecule has 0 aliphatic carbocycles. The van der Waals surface area contributed by atoms with Crippen LogP contribution in [0.1, 0.15) is 44.9 Å². The average molecular weight is 254 g/mol. The Balaban J connectivity index is 1.62. The number of carboxylic acid groups (broad SMARTS) is 1. The molecule has 2 fully saturated rings. The minimum absolute atomic E-state index is 0.608. The van der Waals surface area contributed by atoms with E-state index in [-0.39, 0.29) is 0 Å². The highest BCUT2D eigenvalue weighted by Crippen LogP contribution is 2.25. The lowest BCUT2D eigenvalue weighted by Gasteiger charge is -2.31. The molecule has 4 nitrogen and oxygen atoms in total. The first kappa shape index (κ1) is 13.7. The van der Waals surface area contributed by atoms with E-state index >= 15 is 0 Å². The van der Waals surface area contributed by atoms with Crippen molar-refractivity contribution in [2.45, 2.75) is 44.9 Å². The molecule has 2 heterocycles. The number of hydrogen-bond donors (Lipinski definition) is 2. The predicted octanol–water partition coefficient (Wildman–Crippen LogP) is 2.55. The molecular formula is C14H26N2O2. The van der Waals surface area contributed by atoms with Gasteiger partial charge in [-0.2, -0.15) is 0 Å². The summed E-state index contributed by atoms with van der Waals surface area (Å²) in [5.41, 5.74) is 0. The fraction of sp³-hybridized carbons (Fsp3) is 0.929. The summed E-state index contributed by atoms with van der Waals surface area (Å²) < 4.78 is 0. The van der Waals surface area contributed by atoms with Crippen LogP contribution in [-0.2, 0) is 0 Å². The Morgan fingerprint density at radius 1 is 1.17 bits per heavy atom. The Kier molecular flexibility index (Phi) is 5.29. The number of nitrogens with one attached hydrogen (secondary N) is 1. The van der Waals surface area contributed by atoms with E-state index in [1.54, 1.807) is 4.90 Å². The Hall–Kier alpha value is -0.770. The summed E-state index contributed by atoms with van der Waals surface area (Å²) in [6.07, 6.45) is 8.01. The van der Waals surface area contributed by atoms with Gasteiger partial charge in [0.05, 0.1) is 0 Å². The van der Waals surface area contributed by atoms with Crippen molar-refractivity contribution in [3.63, 3.8) is 0 Å². The summed E-state index contributed by atoms with van der Waals surface area (Å²) in [6, 6.07) is 0. The molecule has 2 rings (SSSR count). The van der Waals surface area contributed by atoms with E-state index < -0.39 is 6.09 Å². The van der Waals surface area contributed by atoms with Gasteiger partial charge in [0.1, 0.15) is 0 Å². The maximum atomic E-state index is 10.9. The summed E-state index contributed by atoms with van der Waals surface area (Å²) in [5.74, 6) is 1.52. The molecule has 2 aliphatic heterocycles. The molecule has 18 heavy (non-hydrogen) atoms. The summed E-state index contributed by atoms with van der Waals surface area (Å²) in [5, 5.41) is 12.4. The third-order valence-electron chi connectivity index (χ3n) is 4.47. The van der Waals surface area contributed by atoms with E-state index in [0.29, 0.717) is 5.92 Å². The first-order valence-electron chi connectivity index (χ1n) is 7.44. The molecule has 2 N–H and O–H groups in total. The van der Waals surface area contributed by atoms with Gasteiger partial charge in [0, 0.05) is 13.1 Å². The van der Waals surface area contributed by atoms with Crippen LogP contribution in [0.3, 0.4) is 0 Å². The van der Waals surface area contributed by atoms with Crippen molar-refractivity contribution in [3.8, 4) is 0 Å². The molecule has 0 aromatic heterocycles. The Morgan fingerprint density at radius 2 is 1.89 bits per heavy atom. The standard InChI is InChI=1S/C14H26N2O2/c17-14(18)16-10-2-5-13(11-16)4-1-3-12-6-8-15-9-7-12/h12-13,15H,1-11H2,(H,17,18). The van der Waals surface area contributed by atoms with E-state index in [2.05, 4.69) is 5.32 Å². The minimum atomic E-state index is -0.738. The lowest BCUT2D eigenvalue weighted by atomic mass is 9.88. The topological polar surface area (TPSA) is 52.6 Å². The number of likely N-dealkylation sites (tertiary alicyclic amines) is 1. The van der Waals surface area contributed by atoms with Gasteiger partial charge in [0.2, 0.25) is 0 Å². The SMILES string of the molecule is O=C(O)N1CCCC(CCCC2CCNCC2)C1. The fourth-order valence-corrected chi connectivity index (χ4v) is 3.34. The van der Waals surface area contributed by atoms with Gasteiger partial charge < -0.3 is 15.3 Å². The number of hydrogen-bond acceptors (Lipinski definition) is 2. The molecule has 0 bridgehead atoms. The first-order valence-corrected chi connectivity index (χ1v) is 7.44. The van der Waals surface area contributed by atoms with Gasteiger partial charge in [-0.15, -0.1) is 0 Å². The van der Waals surface area contributed by atoms with E-state index in [1.165, 1.54) is 51.6 Å². The van der Waals surface area contributed by atoms with Gasteiger partial charge in [0.25, 0.3) is 0 Å². The highest BCUT2D eigenvalue weighted by Gasteiger charge is 2.23. The molecule has 104 valence electrons. The molecule has 1 amide bonds. The minimum Gasteiger partial charge on any atom is -0.465 e. The molecule has 2 aliphatic rings. The number of nitrogens with zero attached hydrogens (tertiary/aromatic N) is 1. The maximum absolute atomic E-state index is 10.9. The molecule has 0 spiro atoms. The highest BCUT2D eigenvalue weighted by atomic mass is 16.4. The van der Waals surface area contributed by atoms with Crippen molar-refractivity contribution in [1.82, 2.24) is 10.2 Å². The van der Waals surface area contributed by atoms with Crippen LogP contribution in [-0.4, -0.2) is 42.3 Å². The van der Waals surface area contributed by atoms with Gasteiger partial charge >= 0.3 is 6.09 Å². The zero-order valence-corrected chi connectivity index (χ0v) is 11.2. The van der Waals surface area contributed by atoms with Crippen LogP contribution in [0.4, 0.5) is 4.79 Å². The highest BCUT2D eigenvalue weighted by molar-refractivity contribution is 5.65. The average Bonchev–Trinajstić information content (AvgIpc) is 2.40. The number of rotatable bonds is 4. The zero-order chi connectivity index (χ0) is 12.8. The summed E-state index contributed by atoms with van der Waals surface area (Å²) in [4.78, 5) is 12.5. The van der Waals surface area contributed by atoms with Crippen LogP contribution < -0.4 is 5.32 Å². The number of amides is 1. The van der Waals surface area contributed by atoms with E-state index in [1.807, 2.05) is 0 Å². The van der Waals surface area contributed by atoms with E-state index in [4.69, 9.17) is 5.11 Å². The molecule has 0 aromatic rings. The third-order valence-corrected chi connectivity index (χ3v) is 4.47. The number of piperidine rings is 2. The Bertz CT molecular complexity index is 265. The quantitative estimate of drug-likeness (QED) is 0.810. The number of carbonyl (C=O) groups is 1. The predicted molar refractivity (Wildman–Crippen MR) is 71.8 cm³/mol. The first-order chi connectivity index (χ1) is 8.75. The molecule has 4 heteroatoms. The molecule has 2 saturated heterocycles. The molecule has 1 atom stereocenters. The van der Waals surface area contributed by atoms with Gasteiger partial charge in [0.15, 0.2) is 0 Å². The lowest BCUT2D eigenvalue weighted by molar-refractivity contribution is 0.117. The van der Waals surface area contributed by atoms with Gasteiger partial charge in [-0.05, 0) is 57.0 Å². The maximum Gasteiger partial charge on any atom is 0.407 e. The largest absolute Gasteiger partial charge is 0.465 e. The van der Waals surface area contributed by atoms with Crippen molar-refractivity contribution in [2.24, 2.45) is 11.8 Å². The summed E-state index contributed by atoms with van der Waals surface area (Å²) in [7, 11) is 0. The molecular weight excluding hydrogens is 228 g/mol. The van der Waals surface area contributed by atoms with Crippen molar-refractivity contribution in [1.29, 1.82) is 0 Å². The Labute approximate surface area is 110 Å². The van der Waals surface area contributed by atoms with Crippen LogP contribution >= 0.6 is 0 Å². The van der Waals surface area contributed by atoms with E-state index in [0.717, 1.165) is 25.4 Å².